The third-order valence-electron chi connectivity index (χ3n) is 3.89. The average molecular weight is 234 g/mol. The summed E-state index contributed by atoms with van der Waals surface area (Å²) in [4.78, 5) is 6.45. The Kier molecular flexibility index (Phi) is 3.52. The molecular weight excluding hydrogens is 212 g/mol. The molecule has 1 fully saturated rings. The Morgan fingerprint density at radius 2 is 2.06 bits per heavy atom. The van der Waals surface area contributed by atoms with Crippen LogP contribution >= 0.6 is 0 Å². The zero-order valence-corrected chi connectivity index (χ0v) is 10.7. The highest BCUT2D eigenvalue weighted by Gasteiger charge is 2.35. The first-order valence-corrected chi connectivity index (χ1v) is 6.25. The second-order valence-corrected chi connectivity index (χ2v) is 5.15. The van der Waals surface area contributed by atoms with Crippen LogP contribution in [0.2, 0.25) is 0 Å². The molecule has 0 aliphatic heterocycles. The number of anilines is 2. The maximum absolute atomic E-state index is 5.57. The van der Waals surface area contributed by atoms with Gasteiger partial charge < -0.3 is 16.0 Å². The smallest absolute Gasteiger partial charge is 0.123 e. The predicted molar refractivity (Wildman–Crippen MR) is 72.0 cm³/mol. The van der Waals surface area contributed by atoms with Gasteiger partial charge in [0.05, 0.1) is 11.9 Å². The van der Waals surface area contributed by atoms with Crippen LogP contribution in [0, 0.1) is 0 Å². The number of aromatic nitrogens is 1. The fourth-order valence-corrected chi connectivity index (χ4v) is 2.59. The molecule has 1 heterocycles. The number of nitrogens with zero attached hydrogens (tertiary/aromatic N) is 2. The highest BCUT2D eigenvalue weighted by Crippen LogP contribution is 2.33. The highest BCUT2D eigenvalue weighted by molar-refractivity contribution is 5.45. The van der Waals surface area contributed by atoms with Crippen LogP contribution in [0.15, 0.2) is 18.3 Å². The molecule has 0 unspecified atom stereocenters. The summed E-state index contributed by atoms with van der Waals surface area (Å²) < 4.78 is 0. The Labute approximate surface area is 103 Å². The van der Waals surface area contributed by atoms with Crippen molar-refractivity contribution in [2.45, 2.75) is 31.2 Å². The van der Waals surface area contributed by atoms with Crippen molar-refractivity contribution >= 4 is 11.5 Å². The summed E-state index contributed by atoms with van der Waals surface area (Å²) in [6.45, 7) is 0.978. The Balaban J connectivity index is 1.98. The molecule has 0 spiro atoms. The van der Waals surface area contributed by atoms with E-state index in [2.05, 4.69) is 29.3 Å². The lowest BCUT2D eigenvalue weighted by atomic mass is 9.96. The normalized spacial score (nSPS) is 18.5. The molecule has 17 heavy (non-hydrogen) atoms. The van der Waals surface area contributed by atoms with Crippen LogP contribution in [-0.4, -0.2) is 36.1 Å². The van der Waals surface area contributed by atoms with E-state index in [9.17, 15) is 0 Å². The van der Waals surface area contributed by atoms with Gasteiger partial charge in [0, 0.05) is 12.1 Å². The second kappa shape index (κ2) is 4.92. The maximum Gasteiger partial charge on any atom is 0.123 e. The molecule has 94 valence electrons. The molecule has 1 saturated carbocycles. The van der Waals surface area contributed by atoms with Crippen LogP contribution in [0.5, 0.6) is 0 Å². The number of hydrogen-bond acceptors (Lipinski definition) is 4. The minimum atomic E-state index is 0.307. The Morgan fingerprint density at radius 1 is 1.35 bits per heavy atom. The first-order chi connectivity index (χ1) is 8.12. The molecule has 0 amide bonds. The number of rotatable bonds is 4. The number of hydrogen-bond donors (Lipinski definition) is 2. The molecule has 2 rings (SSSR count). The Bertz CT molecular complexity index is 352. The highest BCUT2D eigenvalue weighted by atomic mass is 15.2. The fraction of sp³-hybridized carbons (Fsp3) is 0.615. The molecule has 0 aromatic carbocycles. The topological polar surface area (TPSA) is 54.2 Å². The van der Waals surface area contributed by atoms with Gasteiger partial charge >= 0.3 is 0 Å². The molecule has 0 saturated heterocycles. The van der Waals surface area contributed by atoms with Gasteiger partial charge in [-0.2, -0.15) is 0 Å². The van der Waals surface area contributed by atoms with Gasteiger partial charge in [0.2, 0.25) is 0 Å². The first kappa shape index (κ1) is 12.2. The van der Waals surface area contributed by atoms with Crippen LogP contribution in [0.1, 0.15) is 25.7 Å². The second-order valence-electron chi connectivity index (χ2n) is 5.15. The maximum atomic E-state index is 5.57. The Hall–Kier alpha value is -1.29. The van der Waals surface area contributed by atoms with Crippen LogP contribution in [-0.2, 0) is 0 Å². The number of nitrogens with two attached hydrogens (primary N) is 1. The number of likely N-dealkylation sites (N-methyl/N-ethyl adjacent to an activating group) is 1. The molecule has 4 heteroatoms. The third kappa shape index (κ3) is 2.69. The van der Waals surface area contributed by atoms with Crippen LogP contribution in [0.4, 0.5) is 11.5 Å². The van der Waals surface area contributed by atoms with Crippen molar-refractivity contribution in [3.05, 3.63) is 18.3 Å². The van der Waals surface area contributed by atoms with Crippen molar-refractivity contribution in [2.24, 2.45) is 0 Å². The van der Waals surface area contributed by atoms with Crippen molar-refractivity contribution in [2.75, 3.05) is 31.7 Å². The van der Waals surface area contributed by atoms with E-state index < -0.39 is 0 Å². The monoisotopic (exact) mass is 234 g/mol. The number of nitrogen functional groups attached to an aromatic ring is 1. The summed E-state index contributed by atoms with van der Waals surface area (Å²) >= 11 is 0. The van der Waals surface area contributed by atoms with Crippen LogP contribution < -0.4 is 11.1 Å². The quantitative estimate of drug-likeness (QED) is 0.836. The third-order valence-corrected chi connectivity index (χ3v) is 3.89. The average Bonchev–Trinajstić information content (AvgIpc) is 2.78. The molecule has 1 aliphatic carbocycles. The summed E-state index contributed by atoms with van der Waals surface area (Å²) in [5.74, 6) is 0.568. The molecule has 0 atom stereocenters. The van der Waals surface area contributed by atoms with Crippen molar-refractivity contribution in [3.8, 4) is 0 Å². The summed E-state index contributed by atoms with van der Waals surface area (Å²) in [6, 6.07) is 3.82. The van der Waals surface area contributed by atoms with Crippen molar-refractivity contribution in [3.63, 3.8) is 0 Å². The van der Waals surface area contributed by atoms with Crippen LogP contribution in [0.3, 0.4) is 0 Å². The molecule has 1 aromatic rings. The van der Waals surface area contributed by atoms with Crippen molar-refractivity contribution in [1.29, 1.82) is 0 Å². The van der Waals surface area contributed by atoms with Gasteiger partial charge in [0.1, 0.15) is 5.82 Å². The van der Waals surface area contributed by atoms with Gasteiger partial charge in [-0.05, 0) is 39.1 Å². The van der Waals surface area contributed by atoms with Gasteiger partial charge in [0.15, 0.2) is 0 Å². The minimum absolute atomic E-state index is 0.307. The molecule has 1 aromatic heterocycles. The predicted octanol–water partition coefficient (Wildman–Crippen LogP) is 1.95. The van der Waals surface area contributed by atoms with Gasteiger partial charge in [0.25, 0.3) is 0 Å². The molecule has 0 radical (unpaired) electrons. The summed E-state index contributed by atoms with van der Waals surface area (Å²) in [6.07, 6.45) is 7.01. The van der Waals surface area contributed by atoms with Gasteiger partial charge in [-0.15, -0.1) is 0 Å². The van der Waals surface area contributed by atoms with E-state index in [0.717, 1.165) is 12.2 Å². The SMILES string of the molecule is CN(C)C1(CNc2ccc(N)nc2)CCCC1. The van der Waals surface area contributed by atoms with Gasteiger partial charge in [-0.1, -0.05) is 12.8 Å². The lowest BCUT2D eigenvalue weighted by Gasteiger charge is -2.36. The number of pyridine rings is 1. The van der Waals surface area contributed by atoms with E-state index in [1.807, 2.05) is 12.1 Å². The lowest BCUT2D eigenvalue weighted by Crippen LogP contribution is -2.47. The Morgan fingerprint density at radius 3 is 2.59 bits per heavy atom. The van der Waals surface area contributed by atoms with Crippen LogP contribution in [0.25, 0.3) is 0 Å². The molecule has 0 bridgehead atoms. The van der Waals surface area contributed by atoms with Crippen molar-refractivity contribution < 1.29 is 0 Å². The summed E-state index contributed by atoms with van der Waals surface area (Å²) in [5, 5.41) is 3.48. The van der Waals surface area contributed by atoms with E-state index in [1.54, 1.807) is 6.20 Å². The first-order valence-electron chi connectivity index (χ1n) is 6.25. The summed E-state index contributed by atoms with van der Waals surface area (Å²) in [5.41, 5.74) is 6.93. The van der Waals surface area contributed by atoms with Gasteiger partial charge in [-0.3, -0.25) is 0 Å². The molecule has 3 N–H and O–H groups in total. The largest absolute Gasteiger partial charge is 0.384 e. The summed E-state index contributed by atoms with van der Waals surface area (Å²) in [7, 11) is 4.35. The molecule has 4 nitrogen and oxygen atoms in total. The number of nitrogens with one attached hydrogen (secondary N) is 1. The zero-order chi connectivity index (χ0) is 12.3. The molecular formula is C13H22N4. The standard InChI is InChI=1S/C13H22N4/c1-17(2)13(7-3-4-8-13)10-16-11-5-6-12(14)15-9-11/h5-6,9,16H,3-4,7-8,10H2,1-2H3,(H2,14,15). The lowest BCUT2D eigenvalue weighted by molar-refractivity contribution is 0.172. The van der Waals surface area contributed by atoms with E-state index in [-0.39, 0.29) is 0 Å². The molecule has 1 aliphatic rings. The van der Waals surface area contributed by atoms with E-state index >= 15 is 0 Å². The van der Waals surface area contributed by atoms with Crippen molar-refractivity contribution in [1.82, 2.24) is 9.88 Å². The van der Waals surface area contributed by atoms with E-state index in [4.69, 9.17) is 5.73 Å². The minimum Gasteiger partial charge on any atom is -0.384 e. The van der Waals surface area contributed by atoms with E-state index in [1.165, 1.54) is 25.7 Å². The van der Waals surface area contributed by atoms with E-state index in [0.29, 0.717) is 11.4 Å². The van der Waals surface area contributed by atoms with Gasteiger partial charge in [-0.25, -0.2) is 4.98 Å². The zero-order valence-electron chi connectivity index (χ0n) is 10.7. The fourth-order valence-electron chi connectivity index (χ4n) is 2.59.